The Bertz CT molecular complexity index is 579. The molecule has 0 unspecified atom stereocenters. The average Bonchev–Trinajstić information content (AvgIpc) is 3.01. The maximum absolute atomic E-state index is 10.1. The normalized spacial score (nSPS) is 15.7. The number of aromatic nitrogens is 2. The number of benzene rings is 1. The van der Waals surface area contributed by atoms with Gasteiger partial charge in [-0.2, -0.15) is 0 Å². The van der Waals surface area contributed by atoms with Crippen molar-refractivity contribution >= 4 is 0 Å². The summed E-state index contributed by atoms with van der Waals surface area (Å²) in [6.07, 6.45) is 1.48. The predicted octanol–water partition coefficient (Wildman–Crippen LogP) is 2.01. The zero-order valence-electron chi connectivity index (χ0n) is 13.0. The monoisotopic (exact) mass is 289 g/mol. The average molecular weight is 289 g/mol. The van der Waals surface area contributed by atoms with Crippen LogP contribution in [0.3, 0.4) is 0 Å². The molecule has 114 valence electrons. The van der Waals surface area contributed by atoms with Crippen molar-refractivity contribution in [2.45, 2.75) is 44.1 Å². The fraction of sp³-hybridized carbons (Fsp3) is 0.500. The summed E-state index contributed by atoms with van der Waals surface area (Å²) in [4.78, 5) is 0. The van der Waals surface area contributed by atoms with E-state index in [0.29, 0.717) is 5.69 Å². The zero-order chi connectivity index (χ0) is 15.7. The summed E-state index contributed by atoms with van der Waals surface area (Å²) >= 11 is 0. The molecule has 0 amide bonds. The second-order valence-electron chi connectivity index (χ2n) is 6.54. The molecule has 0 spiro atoms. The van der Waals surface area contributed by atoms with Crippen molar-refractivity contribution in [3.63, 3.8) is 0 Å². The van der Waals surface area contributed by atoms with Gasteiger partial charge in [0.2, 0.25) is 0 Å². The number of aliphatic hydroxyl groups is 1. The number of hydrogen-bond donors (Lipinski definition) is 2. The third-order valence-corrected chi connectivity index (χ3v) is 4.98. The quantitative estimate of drug-likeness (QED) is 0.879. The first kappa shape index (κ1) is 15.7. The Morgan fingerprint density at radius 1 is 1.10 bits per heavy atom. The van der Waals surface area contributed by atoms with E-state index in [2.05, 4.69) is 10.4 Å². The molecule has 3 N–H and O–H groups in total. The highest BCUT2D eigenvalue weighted by Crippen LogP contribution is 2.45. The molecule has 1 atom stereocenters. The molecule has 2 aromatic rings. The molecule has 0 fully saturated rings. The molecule has 5 nitrogen and oxygen atoms in total. The summed E-state index contributed by atoms with van der Waals surface area (Å²) in [6, 6.07) is 9.95. The summed E-state index contributed by atoms with van der Waals surface area (Å²) in [6.45, 7) is 7.79. The van der Waals surface area contributed by atoms with Gasteiger partial charge in [0.05, 0.1) is 12.1 Å². The number of rotatable bonds is 5. The van der Waals surface area contributed by atoms with E-state index in [1.54, 1.807) is 0 Å². The van der Waals surface area contributed by atoms with Crippen LogP contribution in [0.1, 0.15) is 39.0 Å². The first-order valence-corrected chi connectivity index (χ1v) is 7.00. The fourth-order valence-electron chi connectivity index (χ4n) is 2.95. The molecule has 0 saturated carbocycles. The lowest BCUT2D eigenvalue weighted by atomic mass is 9.56. The van der Waals surface area contributed by atoms with E-state index in [-0.39, 0.29) is 6.61 Å². The molecule has 0 bridgehead atoms. The Morgan fingerprint density at radius 2 is 1.71 bits per heavy atom. The lowest BCUT2D eigenvalue weighted by molar-refractivity contribution is 0.0662. The second-order valence-corrected chi connectivity index (χ2v) is 6.54. The smallest absolute Gasteiger partial charge is 0.148 e. The Kier molecular flexibility index (Phi) is 3.91. The lowest BCUT2D eigenvalue weighted by Crippen LogP contribution is -2.68. The van der Waals surface area contributed by atoms with Gasteiger partial charge in [-0.05, 0) is 5.56 Å². The Balaban J connectivity index is 2.55. The van der Waals surface area contributed by atoms with Gasteiger partial charge in [-0.15, -0.1) is 5.10 Å². The van der Waals surface area contributed by atoms with Crippen LogP contribution < -0.4 is 5.73 Å². The first-order chi connectivity index (χ1) is 9.77. The van der Waals surface area contributed by atoms with Crippen LogP contribution in [0.15, 0.2) is 41.1 Å². The second kappa shape index (κ2) is 5.24. The van der Waals surface area contributed by atoms with Gasteiger partial charge in [0.1, 0.15) is 12.0 Å². The number of nitrogens with two attached hydrogens (primary N) is 1. The van der Waals surface area contributed by atoms with Crippen LogP contribution in [0, 0.1) is 0 Å². The number of hydrogen-bond acceptors (Lipinski definition) is 5. The van der Waals surface area contributed by atoms with Gasteiger partial charge in [-0.1, -0.05) is 58.0 Å². The van der Waals surface area contributed by atoms with Crippen molar-refractivity contribution in [3.8, 4) is 0 Å². The van der Waals surface area contributed by atoms with Gasteiger partial charge in [0.25, 0.3) is 0 Å². The molecule has 0 saturated heterocycles. The van der Waals surface area contributed by atoms with Crippen LogP contribution in [0.2, 0.25) is 0 Å². The molecule has 0 aliphatic carbocycles. The minimum Gasteiger partial charge on any atom is -0.394 e. The molecule has 5 heteroatoms. The molecular weight excluding hydrogens is 266 g/mol. The molecule has 1 heterocycles. The van der Waals surface area contributed by atoms with E-state index in [4.69, 9.17) is 10.3 Å². The maximum Gasteiger partial charge on any atom is 0.148 e. The molecule has 0 aliphatic heterocycles. The molecule has 1 aromatic carbocycles. The van der Waals surface area contributed by atoms with Crippen LogP contribution >= 0.6 is 0 Å². The molecule has 1 aromatic heterocycles. The van der Waals surface area contributed by atoms with E-state index < -0.39 is 16.4 Å². The molecule has 0 radical (unpaired) electrons. The van der Waals surface area contributed by atoms with Crippen molar-refractivity contribution in [1.82, 2.24) is 10.4 Å². The topological polar surface area (TPSA) is 85.2 Å². The molecule has 2 rings (SSSR count). The minimum absolute atomic E-state index is 0.186. The van der Waals surface area contributed by atoms with Crippen molar-refractivity contribution in [1.29, 1.82) is 0 Å². The maximum atomic E-state index is 10.1. The van der Waals surface area contributed by atoms with Crippen LogP contribution in [-0.2, 0) is 10.8 Å². The molecule has 21 heavy (non-hydrogen) atoms. The Hall–Kier alpha value is -1.72. The third kappa shape index (κ3) is 2.26. The van der Waals surface area contributed by atoms with Gasteiger partial charge in [-0.3, -0.25) is 0 Å². The molecule has 0 aliphatic rings. The van der Waals surface area contributed by atoms with Crippen LogP contribution in [0.25, 0.3) is 0 Å². The van der Waals surface area contributed by atoms with Crippen molar-refractivity contribution in [3.05, 3.63) is 47.9 Å². The van der Waals surface area contributed by atoms with E-state index in [1.807, 2.05) is 58.0 Å². The first-order valence-electron chi connectivity index (χ1n) is 7.00. The lowest BCUT2D eigenvalue weighted by Gasteiger charge is -2.52. The Morgan fingerprint density at radius 3 is 2.19 bits per heavy atom. The van der Waals surface area contributed by atoms with Gasteiger partial charge in [-0.25, -0.2) is 0 Å². The number of nitrogens with zero attached hydrogens (tertiary/aromatic N) is 2. The van der Waals surface area contributed by atoms with E-state index >= 15 is 0 Å². The van der Waals surface area contributed by atoms with Crippen molar-refractivity contribution in [2.24, 2.45) is 5.73 Å². The molecular formula is C16H23N3O2. The summed E-state index contributed by atoms with van der Waals surface area (Å²) < 4.78 is 4.86. The highest BCUT2D eigenvalue weighted by Gasteiger charge is 2.54. The third-order valence-electron chi connectivity index (χ3n) is 4.98. The van der Waals surface area contributed by atoms with E-state index in [0.717, 1.165) is 5.56 Å². The Labute approximate surface area is 125 Å². The van der Waals surface area contributed by atoms with Crippen LogP contribution in [-0.4, -0.2) is 27.6 Å². The van der Waals surface area contributed by atoms with Crippen molar-refractivity contribution in [2.75, 3.05) is 6.61 Å². The van der Waals surface area contributed by atoms with Gasteiger partial charge in [0.15, 0.2) is 0 Å². The minimum atomic E-state index is -0.945. The SMILES string of the molecule is CC(C)(c1ccccc1)[C@@](N)(CO)C(C)(C)c1conn1. The highest BCUT2D eigenvalue weighted by atomic mass is 16.5. The van der Waals surface area contributed by atoms with E-state index in [9.17, 15) is 5.11 Å². The summed E-state index contributed by atoms with van der Waals surface area (Å²) in [5.41, 5.74) is 6.36. The van der Waals surface area contributed by atoms with Crippen molar-refractivity contribution < 1.29 is 9.63 Å². The van der Waals surface area contributed by atoms with Gasteiger partial charge < -0.3 is 15.4 Å². The van der Waals surface area contributed by atoms with Crippen LogP contribution in [0.5, 0.6) is 0 Å². The zero-order valence-corrected chi connectivity index (χ0v) is 13.0. The summed E-state index contributed by atoms with van der Waals surface area (Å²) in [7, 11) is 0. The standard InChI is InChI=1S/C16H23N3O2/c1-14(2,12-8-6-5-7-9-12)16(17,11-20)15(3,4)13-10-21-19-18-13/h5-10,20H,11,17H2,1-4H3/t16-/m0/s1. The van der Waals surface area contributed by atoms with Gasteiger partial charge in [0, 0.05) is 16.1 Å². The highest BCUT2D eigenvalue weighted by molar-refractivity contribution is 5.34. The van der Waals surface area contributed by atoms with E-state index in [1.165, 1.54) is 6.26 Å². The fourth-order valence-corrected chi connectivity index (χ4v) is 2.95. The number of aliphatic hydroxyl groups excluding tert-OH is 1. The largest absolute Gasteiger partial charge is 0.394 e. The predicted molar refractivity (Wildman–Crippen MR) is 80.8 cm³/mol. The summed E-state index contributed by atoms with van der Waals surface area (Å²) in [5, 5.41) is 17.6. The summed E-state index contributed by atoms with van der Waals surface area (Å²) in [5.74, 6) is 0. The van der Waals surface area contributed by atoms with Crippen LogP contribution in [0.4, 0.5) is 0 Å². The van der Waals surface area contributed by atoms with Gasteiger partial charge >= 0.3 is 0 Å².